The van der Waals surface area contributed by atoms with Gasteiger partial charge in [-0.3, -0.25) is 4.79 Å². The van der Waals surface area contributed by atoms with Crippen LogP contribution in [-0.4, -0.2) is 19.1 Å². The molecule has 0 aliphatic carbocycles. The molecule has 23 heavy (non-hydrogen) atoms. The highest BCUT2D eigenvalue weighted by Gasteiger charge is 2.19. The Morgan fingerprint density at radius 2 is 1.83 bits per heavy atom. The number of aryl methyl sites for hydroxylation is 2. The Morgan fingerprint density at radius 1 is 1.09 bits per heavy atom. The minimum absolute atomic E-state index is 0.154. The molecule has 0 saturated carbocycles. The highest BCUT2D eigenvalue weighted by Crippen LogP contribution is 2.21. The molecule has 4 nitrogen and oxygen atoms in total. The number of nitrogens with one attached hydrogen (secondary N) is 1. The first-order chi connectivity index (χ1) is 11.0. The highest BCUT2D eigenvalue weighted by atomic mass is 16.5. The van der Waals surface area contributed by atoms with Gasteiger partial charge in [-0.25, -0.2) is 0 Å². The average molecular weight is 313 g/mol. The smallest absolute Gasteiger partial charge is 0.265 e. The first kappa shape index (κ1) is 16.9. The van der Waals surface area contributed by atoms with Gasteiger partial charge in [0.1, 0.15) is 11.5 Å². The van der Waals surface area contributed by atoms with Gasteiger partial charge in [0, 0.05) is 11.8 Å². The van der Waals surface area contributed by atoms with E-state index < -0.39 is 6.10 Å². The molecule has 0 bridgehead atoms. The van der Waals surface area contributed by atoms with Crippen LogP contribution in [0.4, 0.5) is 5.69 Å². The van der Waals surface area contributed by atoms with E-state index in [-0.39, 0.29) is 5.91 Å². The number of hydrogen-bond acceptors (Lipinski definition) is 3. The fourth-order valence-corrected chi connectivity index (χ4v) is 2.20. The minimum Gasteiger partial charge on any atom is -0.497 e. The summed E-state index contributed by atoms with van der Waals surface area (Å²) in [6.45, 7) is 5.99. The van der Waals surface area contributed by atoms with Crippen LogP contribution in [0.2, 0.25) is 0 Å². The van der Waals surface area contributed by atoms with E-state index in [2.05, 4.69) is 5.32 Å². The summed E-state index contributed by atoms with van der Waals surface area (Å²) in [5.74, 6) is 1.16. The molecule has 4 heteroatoms. The second-order valence-electron chi connectivity index (χ2n) is 5.48. The predicted molar refractivity (Wildman–Crippen MR) is 92.2 cm³/mol. The molecule has 1 N–H and O–H groups in total. The summed E-state index contributed by atoms with van der Waals surface area (Å²) in [6, 6.07) is 13.1. The van der Waals surface area contributed by atoms with Crippen molar-refractivity contribution in [2.45, 2.75) is 33.3 Å². The van der Waals surface area contributed by atoms with E-state index >= 15 is 0 Å². The number of benzene rings is 2. The summed E-state index contributed by atoms with van der Waals surface area (Å²) in [7, 11) is 1.60. The molecule has 0 aliphatic rings. The molecule has 0 radical (unpaired) electrons. The lowest BCUT2D eigenvalue weighted by Gasteiger charge is -2.18. The maximum atomic E-state index is 12.4. The third kappa shape index (κ3) is 4.49. The summed E-state index contributed by atoms with van der Waals surface area (Å²) in [5.41, 5.74) is 3.12. The standard InChI is InChI=1S/C19H23NO3/c1-5-18(23-17-8-6-7-16(12-17)22-4)19(21)20-15-10-9-13(2)14(3)11-15/h6-12,18H,5H2,1-4H3,(H,20,21). The van der Waals surface area contributed by atoms with Gasteiger partial charge in [-0.1, -0.05) is 19.1 Å². The average Bonchev–Trinajstić information content (AvgIpc) is 2.56. The van der Waals surface area contributed by atoms with Crippen LogP contribution < -0.4 is 14.8 Å². The van der Waals surface area contributed by atoms with Crippen LogP contribution >= 0.6 is 0 Å². The molecule has 2 aromatic carbocycles. The molecule has 122 valence electrons. The predicted octanol–water partition coefficient (Wildman–Crippen LogP) is 4.11. The van der Waals surface area contributed by atoms with E-state index in [1.165, 1.54) is 5.56 Å². The van der Waals surface area contributed by atoms with E-state index in [0.717, 1.165) is 11.3 Å². The minimum atomic E-state index is -0.552. The third-order valence-electron chi connectivity index (χ3n) is 3.76. The van der Waals surface area contributed by atoms with E-state index in [1.807, 2.05) is 57.2 Å². The summed E-state index contributed by atoms with van der Waals surface area (Å²) >= 11 is 0. The topological polar surface area (TPSA) is 47.6 Å². The van der Waals surface area contributed by atoms with Crippen LogP contribution in [0.5, 0.6) is 11.5 Å². The Kier molecular flexibility index (Phi) is 5.63. The molecule has 2 rings (SSSR count). The highest BCUT2D eigenvalue weighted by molar-refractivity contribution is 5.94. The lowest BCUT2D eigenvalue weighted by atomic mass is 10.1. The molecule has 0 spiro atoms. The summed E-state index contributed by atoms with van der Waals surface area (Å²) in [5, 5.41) is 2.91. The number of rotatable bonds is 6. The van der Waals surface area contributed by atoms with Crippen molar-refractivity contribution < 1.29 is 14.3 Å². The van der Waals surface area contributed by atoms with Gasteiger partial charge >= 0.3 is 0 Å². The van der Waals surface area contributed by atoms with E-state index in [4.69, 9.17) is 9.47 Å². The number of carbonyl (C=O) groups excluding carboxylic acids is 1. The molecule has 1 unspecified atom stereocenters. The van der Waals surface area contributed by atoms with Gasteiger partial charge in [-0.05, 0) is 55.7 Å². The largest absolute Gasteiger partial charge is 0.497 e. The second kappa shape index (κ2) is 7.68. The Balaban J connectivity index is 2.07. The Hall–Kier alpha value is -2.49. The third-order valence-corrected chi connectivity index (χ3v) is 3.76. The van der Waals surface area contributed by atoms with E-state index in [9.17, 15) is 4.79 Å². The lowest BCUT2D eigenvalue weighted by molar-refractivity contribution is -0.122. The van der Waals surface area contributed by atoms with Crippen LogP contribution in [0.1, 0.15) is 24.5 Å². The lowest BCUT2D eigenvalue weighted by Crippen LogP contribution is -2.32. The van der Waals surface area contributed by atoms with Gasteiger partial charge in [0.25, 0.3) is 5.91 Å². The van der Waals surface area contributed by atoms with Crippen LogP contribution in [0.15, 0.2) is 42.5 Å². The van der Waals surface area contributed by atoms with Gasteiger partial charge in [0.15, 0.2) is 6.10 Å². The van der Waals surface area contributed by atoms with Crippen molar-refractivity contribution in [3.63, 3.8) is 0 Å². The maximum Gasteiger partial charge on any atom is 0.265 e. The van der Waals surface area contributed by atoms with Gasteiger partial charge in [-0.2, -0.15) is 0 Å². The fourth-order valence-electron chi connectivity index (χ4n) is 2.20. The fraction of sp³-hybridized carbons (Fsp3) is 0.316. The van der Waals surface area contributed by atoms with Crippen molar-refractivity contribution in [2.75, 3.05) is 12.4 Å². The molecule has 0 aromatic heterocycles. The zero-order valence-corrected chi connectivity index (χ0v) is 14.1. The van der Waals surface area contributed by atoms with Crippen molar-refractivity contribution in [3.05, 3.63) is 53.6 Å². The number of methoxy groups -OCH3 is 1. The normalized spacial score (nSPS) is 11.7. The first-order valence-corrected chi connectivity index (χ1v) is 7.72. The number of amides is 1. The zero-order valence-electron chi connectivity index (χ0n) is 14.1. The summed E-state index contributed by atoms with van der Waals surface area (Å²) in [6.07, 6.45) is 0.0252. The molecule has 2 aromatic rings. The monoisotopic (exact) mass is 313 g/mol. The van der Waals surface area contributed by atoms with Crippen LogP contribution in [0, 0.1) is 13.8 Å². The van der Waals surface area contributed by atoms with Gasteiger partial charge in [-0.15, -0.1) is 0 Å². The number of hydrogen-bond donors (Lipinski definition) is 1. The maximum absolute atomic E-state index is 12.4. The zero-order chi connectivity index (χ0) is 16.8. The molecule has 1 atom stereocenters. The van der Waals surface area contributed by atoms with E-state index in [0.29, 0.717) is 17.9 Å². The molecular weight excluding hydrogens is 290 g/mol. The molecule has 0 aliphatic heterocycles. The quantitative estimate of drug-likeness (QED) is 0.873. The number of carbonyl (C=O) groups is 1. The molecule has 0 heterocycles. The van der Waals surface area contributed by atoms with Crippen LogP contribution in [-0.2, 0) is 4.79 Å². The van der Waals surface area contributed by atoms with Crippen LogP contribution in [0.3, 0.4) is 0 Å². The summed E-state index contributed by atoms with van der Waals surface area (Å²) in [4.78, 5) is 12.4. The van der Waals surface area contributed by atoms with Crippen molar-refractivity contribution in [1.82, 2.24) is 0 Å². The SMILES string of the molecule is CCC(Oc1cccc(OC)c1)C(=O)Nc1ccc(C)c(C)c1. The van der Waals surface area contributed by atoms with E-state index in [1.54, 1.807) is 13.2 Å². The molecule has 1 amide bonds. The molecular formula is C19H23NO3. The number of anilines is 1. The molecule has 0 fully saturated rings. The second-order valence-corrected chi connectivity index (χ2v) is 5.48. The Bertz CT molecular complexity index is 682. The summed E-state index contributed by atoms with van der Waals surface area (Å²) < 4.78 is 11.0. The van der Waals surface area contributed by atoms with Gasteiger partial charge in [0.05, 0.1) is 7.11 Å². The van der Waals surface area contributed by atoms with Crippen LogP contribution in [0.25, 0.3) is 0 Å². The Morgan fingerprint density at radius 3 is 2.48 bits per heavy atom. The van der Waals surface area contributed by atoms with Crippen molar-refractivity contribution in [2.24, 2.45) is 0 Å². The Labute approximate surface area is 137 Å². The van der Waals surface area contributed by atoms with Crippen molar-refractivity contribution in [3.8, 4) is 11.5 Å². The van der Waals surface area contributed by atoms with Crippen molar-refractivity contribution >= 4 is 11.6 Å². The van der Waals surface area contributed by atoms with Crippen molar-refractivity contribution in [1.29, 1.82) is 0 Å². The van der Waals surface area contributed by atoms with Gasteiger partial charge < -0.3 is 14.8 Å². The first-order valence-electron chi connectivity index (χ1n) is 7.72. The van der Waals surface area contributed by atoms with Gasteiger partial charge in [0.2, 0.25) is 0 Å². The number of ether oxygens (including phenoxy) is 2. The molecule has 0 saturated heterocycles.